The Balaban J connectivity index is 0.000000405. The van der Waals surface area contributed by atoms with Gasteiger partial charge in [-0.1, -0.05) is 0 Å². The molecule has 0 radical (unpaired) electrons. The third-order valence-corrected chi connectivity index (χ3v) is 2.39. The van der Waals surface area contributed by atoms with Crippen molar-refractivity contribution in [2.24, 2.45) is 11.1 Å². The van der Waals surface area contributed by atoms with Gasteiger partial charge >= 0.3 is 0 Å². The van der Waals surface area contributed by atoms with Gasteiger partial charge in [0.2, 0.25) is 0 Å². The van der Waals surface area contributed by atoms with Crippen LogP contribution >= 0.6 is 12.4 Å². The molecule has 1 saturated heterocycles. The molecule has 0 aromatic carbocycles. The summed E-state index contributed by atoms with van der Waals surface area (Å²) in [5.74, 6) is 0. The maximum atomic E-state index is 5.64. The van der Waals surface area contributed by atoms with Crippen molar-refractivity contribution in [1.82, 2.24) is 5.32 Å². The summed E-state index contributed by atoms with van der Waals surface area (Å²) >= 11 is 0. The van der Waals surface area contributed by atoms with Gasteiger partial charge in [0, 0.05) is 19.1 Å². The zero-order chi connectivity index (χ0) is 5.61. The van der Waals surface area contributed by atoms with Gasteiger partial charge in [0.1, 0.15) is 0 Å². The molecule has 0 amide bonds. The molecule has 2 fully saturated rings. The first kappa shape index (κ1) is 7.32. The average molecular weight is 149 g/mol. The normalized spacial score (nSPS) is 30.3. The predicted molar refractivity (Wildman–Crippen MR) is 39.8 cm³/mol. The summed E-state index contributed by atoms with van der Waals surface area (Å²) in [5, 5.41) is 3.27. The third kappa shape index (κ3) is 0.955. The Kier molecular flexibility index (Phi) is 1.72. The standard InChI is InChI=1S/C6H12N2.ClH/c7-5-1-6(2-5)3-8-4-6;/h5,8H,1-4,7H2;1H. The van der Waals surface area contributed by atoms with Gasteiger partial charge in [-0.05, 0) is 18.3 Å². The fourth-order valence-corrected chi connectivity index (χ4v) is 1.82. The Bertz CT molecular complexity index is 104. The molecule has 1 spiro atoms. The zero-order valence-corrected chi connectivity index (χ0v) is 6.21. The molecule has 0 bridgehead atoms. The van der Waals surface area contributed by atoms with E-state index in [0.29, 0.717) is 11.5 Å². The van der Waals surface area contributed by atoms with Crippen LogP contribution in [-0.2, 0) is 0 Å². The van der Waals surface area contributed by atoms with Gasteiger partial charge in [-0.15, -0.1) is 12.4 Å². The molecular weight excluding hydrogens is 136 g/mol. The second-order valence-electron chi connectivity index (χ2n) is 3.27. The molecule has 1 aliphatic heterocycles. The van der Waals surface area contributed by atoms with E-state index in [1.807, 2.05) is 0 Å². The highest BCUT2D eigenvalue weighted by Crippen LogP contribution is 2.42. The Labute approximate surface area is 61.6 Å². The molecule has 3 heteroatoms. The van der Waals surface area contributed by atoms with E-state index in [1.165, 1.54) is 25.9 Å². The lowest BCUT2D eigenvalue weighted by atomic mass is 9.62. The van der Waals surface area contributed by atoms with Crippen LogP contribution in [0.5, 0.6) is 0 Å². The van der Waals surface area contributed by atoms with Crippen LogP contribution in [0.15, 0.2) is 0 Å². The van der Waals surface area contributed by atoms with Crippen LogP contribution in [-0.4, -0.2) is 19.1 Å². The Hall–Kier alpha value is 0.210. The van der Waals surface area contributed by atoms with Crippen LogP contribution in [0.4, 0.5) is 0 Å². The van der Waals surface area contributed by atoms with Crippen molar-refractivity contribution >= 4 is 12.4 Å². The number of rotatable bonds is 0. The van der Waals surface area contributed by atoms with Gasteiger partial charge in [-0.2, -0.15) is 0 Å². The summed E-state index contributed by atoms with van der Waals surface area (Å²) in [5.41, 5.74) is 6.32. The largest absolute Gasteiger partial charge is 0.328 e. The molecule has 2 rings (SSSR count). The second-order valence-corrected chi connectivity index (χ2v) is 3.27. The summed E-state index contributed by atoms with van der Waals surface area (Å²) < 4.78 is 0. The maximum Gasteiger partial charge on any atom is 0.00513 e. The summed E-state index contributed by atoms with van der Waals surface area (Å²) in [4.78, 5) is 0. The van der Waals surface area contributed by atoms with Gasteiger partial charge in [0.15, 0.2) is 0 Å². The SMILES string of the molecule is Cl.NC1CC2(CNC2)C1. The minimum Gasteiger partial charge on any atom is -0.328 e. The highest BCUT2D eigenvalue weighted by atomic mass is 35.5. The molecule has 2 aliphatic rings. The molecule has 1 heterocycles. The van der Waals surface area contributed by atoms with Crippen LogP contribution < -0.4 is 11.1 Å². The first-order valence-electron chi connectivity index (χ1n) is 3.27. The van der Waals surface area contributed by atoms with Crippen molar-refractivity contribution in [1.29, 1.82) is 0 Å². The van der Waals surface area contributed by atoms with Crippen LogP contribution in [0.25, 0.3) is 0 Å². The number of hydrogen-bond acceptors (Lipinski definition) is 2. The summed E-state index contributed by atoms with van der Waals surface area (Å²) in [6.45, 7) is 2.45. The first-order chi connectivity index (χ1) is 3.81. The van der Waals surface area contributed by atoms with Gasteiger partial charge in [-0.3, -0.25) is 0 Å². The van der Waals surface area contributed by atoms with E-state index in [4.69, 9.17) is 5.73 Å². The van der Waals surface area contributed by atoms with Gasteiger partial charge < -0.3 is 11.1 Å². The molecule has 0 unspecified atom stereocenters. The topological polar surface area (TPSA) is 38.0 Å². The van der Waals surface area contributed by atoms with E-state index >= 15 is 0 Å². The molecule has 54 valence electrons. The minimum absolute atomic E-state index is 0. The van der Waals surface area contributed by atoms with Crippen molar-refractivity contribution in [3.63, 3.8) is 0 Å². The molecule has 9 heavy (non-hydrogen) atoms. The summed E-state index contributed by atoms with van der Waals surface area (Å²) in [6.07, 6.45) is 2.53. The highest BCUT2D eigenvalue weighted by molar-refractivity contribution is 5.85. The van der Waals surface area contributed by atoms with E-state index < -0.39 is 0 Å². The molecule has 3 N–H and O–H groups in total. The van der Waals surface area contributed by atoms with E-state index in [0.717, 1.165) is 0 Å². The maximum absolute atomic E-state index is 5.64. The van der Waals surface area contributed by atoms with Gasteiger partial charge in [0.05, 0.1) is 0 Å². The first-order valence-corrected chi connectivity index (χ1v) is 3.27. The molecule has 0 aromatic heterocycles. The number of nitrogens with two attached hydrogens (primary N) is 1. The Morgan fingerprint density at radius 3 is 2.00 bits per heavy atom. The number of nitrogens with one attached hydrogen (secondary N) is 1. The third-order valence-electron chi connectivity index (χ3n) is 2.39. The monoisotopic (exact) mass is 148 g/mol. The Morgan fingerprint density at radius 2 is 1.89 bits per heavy atom. The van der Waals surface area contributed by atoms with Crippen molar-refractivity contribution in [3.05, 3.63) is 0 Å². The van der Waals surface area contributed by atoms with Crippen LogP contribution in [0, 0.1) is 5.41 Å². The lowest BCUT2D eigenvalue weighted by Crippen LogP contribution is -2.63. The van der Waals surface area contributed by atoms with Crippen molar-refractivity contribution in [2.45, 2.75) is 18.9 Å². The fraction of sp³-hybridized carbons (Fsp3) is 1.00. The minimum atomic E-state index is 0. The fourth-order valence-electron chi connectivity index (χ4n) is 1.82. The Morgan fingerprint density at radius 1 is 1.33 bits per heavy atom. The second kappa shape index (κ2) is 2.11. The van der Waals surface area contributed by atoms with Crippen LogP contribution in [0.2, 0.25) is 0 Å². The lowest BCUT2D eigenvalue weighted by molar-refractivity contribution is 0.0393. The van der Waals surface area contributed by atoms with Gasteiger partial charge in [-0.25, -0.2) is 0 Å². The molecule has 0 atom stereocenters. The average Bonchev–Trinajstić information content (AvgIpc) is 1.51. The summed E-state index contributed by atoms with van der Waals surface area (Å²) in [7, 11) is 0. The van der Waals surface area contributed by atoms with Crippen molar-refractivity contribution in [3.8, 4) is 0 Å². The summed E-state index contributed by atoms with van der Waals surface area (Å²) in [6, 6.07) is 0.525. The van der Waals surface area contributed by atoms with Gasteiger partial charge in [0.25, 0.3) is 0 Å². The molecule has 2 nitrogen and oxygen atoms in total. The van der Waals surface area contributed by atoms with E-state index in [9.17, 15) is 0 Å². The van der Waals surface area contributed by atoms with E-state index in [2.05, 4.69) is 5.32 Å². The van der Waals surface area contributed by atoms with Crippen LogP contribution in [0.3, 0.4) is 0 Å². The van der Waals surface area contributed by atoms with Crippen LogP contribution in [0.1, 0.15) is 12.8 Å². The molecule has 1 saturated carbocycles. The van der Waals surface area contributed by atoms with E-state index in [-0.39, 0.29) is 12.4 Å². The highest BCUT2D eigenvalue weighted by Gasteiger charge is 2.46. The number of halogens is 1. The lowest BCUT2D eigenvalue weighted by Gasteiger charge is -2.53. The predicted octanol–water partition coefficient (Wildman–Crippen LogP) is 0.119. The zero-order valence-electron chi connectivity index (χ0n) is 5.39. The molecular formula is C6H13ClN2. The number of hydrogen-bond donors (Lipinski definition) is 2. The smallest absolute Gasteiger partial charge is 0.00513 e. The molecule has 0 aromatic rings. The molecule has 1 aliphatic carbocycles. The van der Waals surface area contributed by atoms with Crippen molar-refractivity contribution in [2.75, 3.05) is 13.1 Å². The van der Waals surface area contributed by atoms with Crippen molar-refractivity contribution < 1.29 is 0 Å². The quantitative estimate of drug-likeness (QED) is 0.512. The van der Waals surface area contributed by atoms with E-state index in [1.54, 1.807) is 0 Å².